The first-order chi connectivity index (χ1) is 15.2. The van der Waals surface area contributed by atoms with Gasteiger partial charge in [-0.15, -0.1) is 0 Å². The first-order valence-electron chi connectivity index (χ1n) is 10.9. The number of hydrogen-bond donors (Lipinski definition) is 5. The lowest BCUT2D eigenvalue weighted by atomic mass is 10.0. The van der Waals surface area contributed by atoms with Crippen LogP contribution in [-0.2, 0) is 19.1 Å². The molecule has 3 aliphatic heterocycles. The van der Waals surface area contributed by atoms with Crippen LogP contribution in [0.5, 0.6) is 0 Å². The third-order valence-corrected chi connectivity index (χ3v) is 7.55. The molecule has 2 amide bonds. The summed E-state index contributed by atoms with van der Waals surface area (Å²) in [6, 6.07) is 0. The molecule has 0 aromatic heterocycles. The highest BCUT2D eigenvalue weighted by Gasteiger charge is 2.39. The van der Waals surface area contributed by atoms with E-state index in [4.69, 9.17) is 20.3 Å². The zero-order valence-corrected chi connectivity index (χ0v) is 20.2. The molecule has 3 atom stereocenters. The minimum Gasteiger partial charge on any atom is -0.365 e. The Morgan fingerprint density at radius 1 is 1.16 bits per heavy atom. The summed E-state index contributed by atoms with van der Waals surface area (Å²) in [6.07, 6.45) is 6.11. The van der Waals surface area contributed by atoms with Crippen LogP contribution in [0.1, 0.15) is 65.2 Å². The minimum atomic E-state index is -0.872. The fourth-order valence-electron chi connectivity index (χ4n) is 3.70. The van der Waals surface area contributed by atoms with Crippen molar-refractivity contribution < 1.29 is 19.1 Å². The molecule has 0 aromatic carbocycles. The monoisotopic (exact) mass is 484 g/mol. The Balaban J connectivity index is 1.26. The second-order valence-corrected chi connectivity index (χ2v) is 10.8. The lowest BCUT2D eigenvalue weighted by Gasteiger charge is -2.21. The number of amides is 2. The second kappa shape index (κ2) is 11.0. The van der Waals surface area contributed by atoms with Gasteiger partial charge in [-0.3, -0.25) is 25.8 Å². The summed E-state index contributed by atoms with van der Waals surface area (Å²) >= 11 is 2.45. The zero-order chi connectivity index (χ0) is 23.2. The van der Waals surface area contributed by atoms with E-state index in [1.807, 2.05) is 0 Å². The first kappa shape index (κ1) is 25.0. The zero-order valence-electron chi connectivity index (χ0n) is 18.5. The number of carbonyl (C=O) groups excluding carboxylic acids is 2. The van der Waals surface area contributed by atoms with Gasteiger partial charge in [-0.1, -0.05) is 18.2 Å². The normalized spacial score (nSPS) is 29.3. The van der Waals surface area contributed by atoms with Crippen molar-refractivity contribution in [2.45, 2.75) is 81.8 Å². The molecule has 32 heavy (non-hydrogen) atoms. The van der Waals surface area contributed by atoms with Gasteiger partial charge in [0.15, 0.2) is 10.3 Å². The van der Waals surface area contributed by atoms with E-state index < -0.39 is 11.2 Å². The Bertz CT molecular complexity index is 778. The number of ether oxygens (including phenoxy) is 2. The van der Waals surface area contributed by atoms with Crippen molar-refractivity contribution in [2.75, 3.05) is 13.2 Å². The van der Waals surface area contributed by atoms with Crippen molar-refractivity contribution >= 4 is 50.7 Å². The minimum absolute atomic E-state index is 0.0431. The van der Waals surface area contributed by atoms with Crippen molar-refractivity contribution in [1.82, 2.24) is 16.1 Å². The molecule has 10 nitrogen and oxygen atoms in total. The van der Waals surface area contributed by atoms with E-state index in [0.717, 1.165) is 43.9 Å². The molecule has 0 aliphatic carbocycles. The summed E-state index contributed by atoms with van der Waals surface area (Å²) in [5.74, 6) is -0.474. The SMILES string of the molecule is CC1(C(=O)NC(=N)SC(=N)CCCCC2NN=C(NC(=O)C3(C)CCCO3)S2)CCCO1. The Morgan fingerprint density at radius 2 is 1.81 bits per heavy atom. The maximum absolute atomic E-state index is 12.4. The molecular weight excluding hydrogens is 452 g/mol. The number of nitrogens with zero attached hydrogens (tertiary/aromatic N) is 1. The van der Waals surface area contributed by atoms with Crippen LogP contribution in [0.15, 0.2) is 5.10 Å². The number of carbonyl (C=O) groups is 2. The molecule has 3 aliphatic rings. The first-order valence-corrected chi connectivity index (χ1v) is 12.6. The summed E-state index contributed by atoms with van der Waals surface area (Å²) in [7, 11) is 0. The maximum atomic E-state index is 12.4. The molecule has 2 saturated heterocycles. The van der Waals surface area contributed by atoms with Crippen molar-refractivity contribution in [3.63, 3.8) is 0 Å². The van der Waals surface area contributed by atoms with E-state index in [1.54, 1.807) is 13.8 Å². The van der Waals surface area contributed by atoms with Gasteiger partial charge in [-0.05, 0) is 70.6 Å². The third-order valence-electron chi connectivity index (χ3n) is 5.76. The Labute approximate surface area is 196 Å². The molecule has 3 unspecified atom stereocenters. The van der Waals surface area contributed by atoms with Crippen LogP contribution in [0.3, 0.4) is 0 Å². The molecule has 2 fully saturated rings. The highest BCUT2D eigenvalue weighted by molar-refractivity contribution is 8.26. The van der Waals surface area contributed by atoms with Crippen molar-refractivity contribution in [3.05, 3.63) is 0 Å². The predicted molar refractivity (Wildman–Crippen MR) is 127 cm³/mol. The van der Waals surface area contributed by atoms with E-state index in [0.29, 0.717) is 42.7 Å². The van der Waals surface area contributed by atoms with Gasteiger partial charge in [0.1, 0.15) is 11.2 Å². The summed E-state index contributed by atoms with van der Waals surface area (Å²) in [5.41, 5.74) is 1.39. The summed E-state index contributed by atoms with van der Waals surface area (Å²) in [4.78, 5) is 24.6. The average Bonchev–Trinajstić information content (AvgIpc) is 3.48. The van der Waals surface area contributed by atoms with E-state index in [9.17, 15) is 9.59 Å². The highest BCUT2D eigenvalue weighted by atomic mass is 32.2. The van der Waals surface area contributed by atoms with Gasteiger partial charge in [0, 0.05) is 13.2 Å². The largest absolute Gasteiger partial charge is 0.365 e. The molecule has 12 heteroatoms. The van der Waals surface area contributed by atoms with E-state index in [2.05, 4.69) is 21.2 Å². The van der Waals surface area contributed by atoms with Crippen LogP contribution in [0.2, 0.25) is 0 Å². The van der Waals surface area contributed by atoms with Crippen molar-refractivity contribution in [2.24, 2.45) is 5.10 Å². The molecule has 0 spiro atoms. The molecule has 3 rings (SSSR count). The summed E-state index contributed by atoms with van der Waals surface area (Å²) < 4.78 is 11.0. The molecular formula is C20H32N6O4S2. The smallest absolute Gasteiger partial charge is 0.257 e. The van der Waals surface area contributed by atoms with Gasteiger partial charge in [-0.2, -0.15) is 5.10 Å². The van der Waals surface area contributed by atoms with Gasteiger partial charge in [0.25, 0.3) is 11.8 Å². The van der Waals surface area contributed by atoms with Gasteiger partial charge >= 0.3 is 0 Å². The molecule has 3 heterocycles. The number of amidine groups is 2. The van der Waals surface area contributed by atoms with Crippen molar-refractivity contribution in [1.29, 1.82) is 10.8 Å². The number of hydrazone groups is 1. The second-order valence-electron chi connectivity index (χ2n) is 8.53. The number of hydrogen-bond acceptors (Lipinski definition) is 10. The predicted octanol–water partition coefficient (Wildman–Crippen LogP) is 2.50. The van der Waals surface area contributed by atoms with Crippen LogP contribution in [-0.4, -0.2) is 57.0 Å². The van der Waals surface area contributed by atoms with Crippen LogP contribution in [0.4, 0.5) is 0 Å². The van der Waals surface area contributed by atoms with Crippen LogP contribution in [0.25, 0.3) is 0 Å². The van der Waals surface area contributed by atoms with E-state index in [-0.39, 0.29) is 22.4 Å². The third kappa shape index (κ3) is 6.69. The van der Waals surface area contributed by atoms with Gasteiger partial charge in [-0.25, -0.2) is 0 Å². The van der Waals surface area contributed by atoms with Gasteiger partial charge in [0.05, 0.1) is 10.4 Å². The van der Waals surface area contributed by atoms with Crippen LogP contribution >= 0.6 is 23.5 Å². The van der Waals surface area contributed by atoms with Gasteiger partial charge < -0.3 is 20.1 Å². The lowest BCUT2D eigenvalue weighted by molar-refractivity contribution is -0.138. The Kier molecular flexibility index (Phi) is 8.59. The average molecular weight is 485 g/mol. The molecule has 178 valence electrons. The molecule has 0 radical (unpaired) electrons. The van der Waals surface area contributed by atoms with Crippen LogP contribution < -0.4 is 16.1 Å². The quantitative estimate of drug-likeness (QED) is 0.212. The van der Waals surface area contributed by atoms with Crippen LogP contribution in [0, 0.1) is 10.8 Å². The Morgan fingerprint density at radius 3 is 2.44 bits per heavy atom. The van der Waals surface area contributed by atoms with Gasteiger partial charge in [0.2, 0.25) is 0 Å². The van der Waals surface area contributed by atoms with E-state index >= 15 is 0 Å². The molecule has 0 saturated carbocycles. The molecule has 0 bridgehead atoms. The standard InChI is InChI=1S/C20H32N6O4S2/c1-19(9-5-11-29-19)15(27)23-17(22)31-13(21)7-3-4-8-14-25-26-18(32-14)24-16(28)20(2)10-6-12-30-20/h14,21,25H,3-12H2,1-2H3,(H2,22,23,27)(H,24,26,28). The Hall–Kier alpha value is -1.63. The maximum Gasteiger partial charge on any atom is 0.257 e. The molecule has 0 aromatic rings. The molecule has 5 N–H and O–H groups in total. The van der Waals surface area contributed by atoms with Crippen molar-refractivity contribution in [3.8, 4) is 0 Å². The lowest BCUT2D eigenvalue weighted by Crippen LogP contribution is -2.45. The number of unbranched alkanes of at least 4 members (excludes halogenated alkanes) is 1. The summed E-state index contributed by atoms with van der Waals surface area (Å²) in [5, 5.41) is 26.5. The number of rotatable bonds is 7. The number of nitrogens with one attached hydrogen (secondary N) is 5. The highest BCUT2D eigenvalue weighted by Crippen LogP contribution is 2.27. The fourth-order valence-corrected chi connectivity index (χ4v) is 5.25. The number of thioether (sulfide) groups is 2. The van der Waals surface area contributed by atoms with E-state index in [1.165, 1.54) is 11.8 Å². The fraction of sp³-hybridized carbons (Fsp3) is 0.750. The topological polar surface area (TPSA) is 149 Å². The summed E-state index contributed by atoms with van der Waals surface area (Å²) in [6.45, 7) is 4.71.